The van der Waals surface area contributed by atoms with Gasteiger partial charge in [0.25, 0.3) is 0 Å². The van der Waals surface area contributed by atoms with Crippen LogP contribution in [0, 0.1) is 0 Å². The van der Waals surface area contributed by atoms with Crippen LogP contribution in [0.3, 0.4) is 0 Å². The number of hydrogen-bond donors (Lipinski definition) is 0. The van der Waals surface area contributed by atoms with Gasteiger partial charge in [0, 0.05) is 12.4 Å². The topological polar surface area (TPSA) is 12.4 Å². The lowest BCUT2D eigenvalue weighted by molar-refractivity contribution is 0.886. The van der Waals surface area contributed by atoms with Crippen molar-refractivity contribution in [3.8, 4) is 0 Å². The van der Waals surface area contributed by atoms with Crippen molar-refractivity contribution < 1.29 is 0 Å². The molecule has 0 fully saturated rings. The summed E-state index contributed by atoms with van der Waals surface area (Å²) in [7, 11) is 0. The Hall–Kier alpha value is -1.11. The van der Waals surface area contributed by atoms with Crippen LogP contribution < -0.4 is 0 Å². The third-order valence-corrected chi connectivity index (χ3v) is 1.56. The SMILES string of the molecule is C=C(C)C(=C)/C=C\N=CC.CC.CCCC. The summed E-state index contributed by atoms with van der Waals surface area (Å²) in [5.74, 6) is 0. The highest BCUT2D eigenvalue weighted by Gasteiger charge is 1.84. The molecule has 1 nitrogen and oxygen atoms in total. The van der Waals surface area contributed by atoms with Gasteiger partial charge >= 0.3 is 0 Å². The molecule has 0 aliphatic carbocycles. The fraction of sp³-hybridized carbons (Fsp3) is 0.533. The van der Waals surface area contributed by atoms with Crippen molar-refractivity contribution in [1.29, 1.82) is 0 Å². The van der Waals surface area contributed by atoms with Gasteiger partial charge in [-0.05, 0) is 25.5 Å². The Kier molecular flexibility index (Phi) is 24.7. The minimum absolute atomic E-state index is 0.922. The molecular weight excluding hydrogens is 194 g/mol. The summed E-state index contributed by atoms with van der Waals surface area (Å²) >= 11 is 0. The second kappa shape index (κ2) is 19.5. The van der Waals surface area contributed by atoms with E-state index in [-0.39, 0.29) is 0 Å². The summed E-state index contributed by atoms with van der Waals surface area (Å²) in [5, 5.41) is 0. The highest BCUT2D eigenvalue weighted by atomic mass is 14.6. The van der Waals surface area contributed by atoms with Gasteiger partial charge in [0.1, 0.15) is 0 Å². The number of allylic oxidation sites excluding steroid dienone is 3. The molecule has 94 valence electrons. The summed E-state index contributed by atoms with van der Waals surface area (Å²) in [6.07, 6.45) is 7.90. The molecule has 0 spiro atoms. The van der Waals surface area contributed by atoms with Crippen LogP contribution in [0.4, 0.5) is 0 Å². The molecule has 0 unspecified atom stereocenters. The van der Waals surface area contributed by atoms with Gasteiger partial charge in [0.15, 0.2) is 0 Å². The number of unbranched alkanes of at least 4 members (excludes halogenated alkanes) is 1. The number of rotatable bonds is 4. The molecule has 0 atom stereocenters. The normalized spacial score (nSPS) is 9.12. The van der Waals surface area contributed by atoms with Gasteiger partial charge < -0.3 is 0 Å². The average Bonchev–Trinajstić information content (AvgIpc) is 2.32. The Morgan fingerprint density at radius 2 is 1.56 bits per heavy atom. The molecule has 0 bridgehead atoms. The first kappa shape index (κ1) is 20.3. The van der Waals surface area contributed by atoms with Crippen LogP contribution in [0.1, 0.15) is 54.4 Å². The van der Waals surface area contributed by atoms with Crippen LogP contribution in [0.25, 0.3) is 0 Å². The van der Waals surface area contributed by atoms with Crippen molar-refractivity contribution in [3.05, 3.63) is 36.6 Å². The van der Waals surface area contributed by atoms with E-state index >= 15 is 0 Å². The molecule has 0 saturated carbocycles. The summed E-state index contributed by atoms with van der Waals surface area (Å²) in [4.78, 5) is 3.89. The third-order valence-electron chi connectivity index (χ3n) is 1.56. The molecule has 0 aromatic heterocycles. The highest BCUT2D eigenvalue weighted by Crippen LogP contribution is 2.03. The Balaban J connectivity index is -0.000000237. The maximum atomic E-state index is 3.89. The van der Waals surface area contributed by atoms with Gasteiger partial charge in [-0.15, -0.1) is 0 Å². The lowest BCUT2D eigenvalue weighted by atomic mass is 10.1. The second-order valence-electron chi connectivity index (χ2n) is 3.03. The van der Waals surface area contributed by atoms with Gasteiger partial charge in [0.05, 0.1) is 0 Å². The molecule has 0 aromatic rings. The average molecular weight is 223 g/mol. The predicted octanol–water partition coefficient (Wildman–Crippen LogP) is 5.56. The van der Waals surface area contributed by atoms with E-state index in [1.54, 1.807) is 12.4 Å². The van der Waals surface area contributed by atoms with Crippen LogP contribution in [-0.2, 0) is 0 Å². The zero-order chi connectivity index (χ0) is 13.4. The first-order valence-corrected chi connectivity index (χ1v) is 6.09. The van der Waals surface area contributed by atoms with Crippen molar-refractivity contribution in [2.45, 2.75) is 54.4 Å². The van der Waals surface area contributed by atoms with E-state index in [9.17, 15) is 0 Å². The van der Waals surface area contributed by atoms with Gasteiger partial charge in [-0.1, -0.05) is 59.3 Å². The zero-order valence-corrected chi connectivity index (χ0v) is 12.0. The van der Waals surface area contributed by atoms with Crippen LogP contribution in [0.2, 0.25) is 0 Å². The van der Waals surface area contributed by atoms with E-state index in [4.69, 9.17) is 0 Å². The molecule has 0 saturated heterocycles. The van der Waals surface area contributed by atoms with E-state index in [0.29, 0.717) is 0 Å². The molecule has 0 aliphatic rings. The van der Waals surface area contributed by atoms with Crippen molar-refractivity contribution >= 4 is 6.21 Å². The largest absolute Gasteiger partial charge is 0.269 e. The lowest BCUT2D eigenvalue weighted by Crippen LogP contribution is -1.73. The van der Waals surface area contributed by atoms with Crippen molar-refractivity contribution in [2.24, 2.45) is 4.99 Å². The third kappa shape index (κ3) is 23.1. The highest BCUT2D eigenvalue weighted by molar-refractivity contribution is 5.54. The summed E-state index contributed by atoms with van der Waals surface area (Å²) in [5.41, 5.74) is 1.90. The molecule has 0 amide bonds. The molecule has 1 heteroatoms. The summed E-state index contributed by atoms with van der Waals surface area (Å²) in [6, 6.07) is 0. The van der Waals surface area contributed by atoms with E-state index in [2.05, 4.69) is 32.0 Å². The van der Waals surface area contributed by atoms with E-state index in [1.165, 1.54) is 12.8 Å². The lowest BCUT2D eigenvalue weighted by Gasteiger charge is -1.92. The first-order chi connectivity index (χ1) is 7.59. The van der Waals surface area contributed by atoms with E-state index in [0.717, 1.165) is 11.1 Å². The molecular formula is C15H29N. The Morgan fingerprint density at radius 3 is 1.81 bits per heavy atom. The number of nitrogens with zero attached hydrogens (tertiary/aromatic N) is 1. The number of aliphatic imine (C=N–C) groups is 1. The van der Waals surface area contributed by atoms with E-state index < -0.39 is 0 Å². The standard InChI is InChI=1S/C9H13N.C4H10.C2H6/c1-5-10-7-6-9(4)8(2)3;1-3-4-2;1-2/h5-7H,2,4H2,1,3H3;3-4H2,1-2H3;1-2H3/b7-6-,10-5?;;. The predicted molar refractivity (Wildman–Crippen MR) is 79.2 cm³/mol. The maximum absolute atomic E-state index is 3.89. The van der Waals surface area contributed by atoms with Crippen molar-refractivity contribution in [3.63, 3.8) is 0 Å². The molecule has 0 rings (SSSR count). The van der Waals surface area contributed by atoms with E-state index in [1.807, 2.05) is 33.8 Å². The van der Waals surface area contributed by atoms with Crippen LogP contribution in [-0.4, -0.2) is 6.21 Å². The van der Waals surface area contributed by atoms with Crippen molar-refractivity contribution in [2.75, 3.05) is 0 Å². The quantitative estimate of drug-likeness (QED) is 0.437. The monoisotopic (exact) mass is 223 g/mol. The Bertz CT molecular complexity index is 207. The van der Waals surface area contributed by atoms with Gasteiger partial charge in [0.2, 0.25) is 0 Å². The Morgan fingerprint density at radius 1 is 1.12 bits per heavy atom. The minimum atomic E-state index is 0.922. The smallest absolute Gasteiger partial charge is 0.0269 e. The van der Waals surface area contributed by atoms with Crippen LogP contribution in [0.15, 0.2) is 41.6 Å². The van der Waals surface area contributed by atoms with Gasteiger partial charge in [-0.2, -0.15) is 0 Å². The van der Waals surface area contributed by atoms with Crippen LogP contribution in [0.5, 0.6) is 0 Å². The zero-order valence-electron chi connectivity index (χ0n) is 12.0. The fourth-order valence-electron chi connectivity index (χ4n) is 0.361. The number of hydrogen-bond acceptors (Lipinski definition) is 1. The minimum Gasteiger partial charge on any atom is -0.269 e. The fourth-order valence-corrected chi connectivity index (χ4v) is 0.361. The summed E-state index contributed by atoms with van der Waals surface area (Å²) in [6.45, 7) is 19.6. The molecule has 0 aliphatic heterocycles. The molecule has 0 aromatic carbocycles. The van der Waals surface area contributed by atoms with Crippen molar-refractivity contribution in [1.82, 2.24) is 0 Å². The van der Waals surface area contributed by atoms with Gasteiger partial charge in [-0.25, -0.2) is 0 Å². The molecule has 0 heterocycles. The first-order valence-electron chi connectivity index (χ1n) is 6.09. The summed E-state index contributed by atoms with van der Waals surface area (Å²) < 4.78 is 0. The molecule has 0 N–H and O–H groups in total. The maximum Gasteiger partial charge on any atom is 0.0269 e. The molecule has 0 radical (unpaired) electrons. The second-order valence-corrected chi connectivity index (χ2v) is 3.03. The van der Waals surface area contributed by atoms with Crippen LogP contribution >= 0.6 is 0 Å². The van der Waals surface area contributed by atoms with Gasteiger partial charge in [-0.3, -0.25) is 4.99 Å². The molecule has 16 heavy (non-hydrogen) atoms. The Labute approximate surface area is 103 Å².